The Morgan fingerprint density at radius 3 is 1.87 bits per heavy atom. The zero-order chi connectivity index (χ0) is 20.8. The maximum absolute atomic E-state index is 14.7. The monoisotopic (exact) mass is 418 g/mol. The minimum atomic E-state index is -3.02. The van der Waals surface area contributed by atoms with Crippen molar-refractivity contribution in [3.05, 3.63) is 115 Å². The van der Waals surface area contributed by atoms with E-state index in [1.165, 1.54) is 0 Å². The predicted molar refractivity (Wildman–Crippen MR) is 131 cm³/mol. The van der Waals surface area contributed by atoms with Gasteiger partial charge < -0.3 is 8.98 Å². The first kappa shape index (κ1) is 18.2. The molecule has 0 spiro atoms. The zero-order valence-corrected chi connectivity index (χ0v) is 17.6. The summed E-state index contributed by atoms with van der Waals surface area (Å²) in [6.07, 6.45) is 0. The highest BCUT2D eigenvalue weighted by atomic mass is 31.2. The SMILES string of the molecule is O=P(c1ccccc1)(c1ccccc1)c1ccc2oc3c4ccccc4ccc3c2c1. The Morgan fingerprint density at radius 1 is 0.516 bits per heavy atom. The molecular formula is C28H19O2P. The molecule has 0 aliphatic rings. The highest BCUT2D eigenvalue weighted by Gasteiger charge is 2.30. The second kappa shape index (κ2) is 6.97. The van der Waals surface area contributed by atoms with Gasteiger partial charge >= 0.3 is 0 Å². The molecule has 0 bridgehead atoms. The van der Waals surface area contributed by atoms with Crippen LogP contribution in [-0.2, 0) is 4.57 Å². The van der Waals surface area contributed by atoms with Crippen molar-refractivity contribution in [2.45, 2.75) is 0 Å². The molecule has 0 unspecified atom stereocenters. The van der Waals surface area contributed by atoms with Crippen LogP contribution in [0.5, 0.6) is 0 Å². The Labute approximate surface area is 180 Å². The number of benzene rings is 5. The lowest BCUT2D eigenvalue weighted by Crippen LogP contribution is -2.24. The second-order valence-corrected chi connectivity index (χ2v) is 10.5. The van der Waals surface area contributed by atoms with Gasteiger partial charge in [0.15, 0.2) is 7.14 Å². The van der Waals surface area contributed by atoms with Gasteiger partial charge in [0.25, 0.3) is 0 Å². The number of hydrogen-bond donors (Lipinski definition) is 0. The van der Waals surface area contributed by atoms with Crippen molar-refractivity contribution in [1.29, 1.82) is 0 Å². The molecular weight excluding hydrogens is 399 g/mol. The van der Waals surface area contributed by atoms with Gasteiger partial charge in [-0.3, -0.25) is 0 Å². The smallest absolute Gasteiger partial charge is 0.171 e. The van der Waals surface area contributed by atoms with Crippen LogP contribution < -0.4 is 15.9 Å². The summed E-state index contributed by atoms with van der Waals surface area (Å²) in [5.41, 5.74) is 1.68. The normalized spacial score (nSPS) is 12.0. The summed E-state index contributed by atoms with van der Waals surface area (Å²) in [7, 11) is -3.02. The average molecular weight is 418 g/mol. The lowest BCUT2D eigenvalue weighted by atomic mass is 10.1. The van der Waals surface area contributed by atoms with E-state index in [1.54, 1.807) is 0 Å². The topological polar surface area (TPSA) is 30.2 Å². The molecule has 0 aliphatic heterocycles. The predicted octanol–water partition coefficient (Wildman–Crippen LogP) is 6.38. The van der Waals surface area contributed by atoms with E-state index in [2.05, 4.69) is 30.3 Å². The fraction of sp³-hybridized carbons (Fsp3) is 0. The summed E-state index contributed by atoms with van der Waals surface area (Å²) in [6, 6.07) is 37.9. The summed E-state index contributed by atoms with van der Waals surface area (Å²) in [5, 5.41) is 6.75. The standard InChI is InChI=1S/C28H19O2P/c29-31(21-10-3-1-4-11-21,22-12-5-2-6-13-22)23-16-18-27-26(19-23)25-17-15-20-9-7-8-14-24(20)28(25)30-27/h1-19H. The molecule has 3 heteroatoms. The van der Waals surface area contributed by atoms with E-state index in [9.17, 15) is 4.57 Å². The number of fused-ring (bicyclic) bond motifs is 5. The number of rotatable bonds is 3. The van der Waals surface area contributed by atoms with Crippen LogP contribution in [0.2, 0.25) is 0 Å². The molecule has 148 valence electrons. The van der Waals surface area contributed by atoms with Crippen molar-refractivity contribution in [1.82, 2.24) is 0 Å². The third-order valence-corrected chi connectivity index (χ3v) is 9.00. The van der Waals surface area contributed by atoms with Crippen LogP contribution in [0.4, 0.5) is 0 Å². The highest BCUT2D eigenvalue weighted by molar-refractivity contribution is 7.85. The first-order valence-corrected chi connectivity index (χ1v) is 12.0. The zero-order valence-electron chi connectivity index (χ0n) is 16.7. The van der Waals surface area contributed by atoms with E-state index in [0.29, 0.717) is 0 Å². The van der Waals surface area contributed by atoms with E-state index in [1.807, 2.05) is 84.9 Å². The van der Waals surface area contributed by atoms with Crippen LogP contribution in [0, 0.1) is 0 Å². The van der Waals surface area contributed by atoms with Gasteiger partial charge in [-0.25, -0.2) is 0 Å². The third-order valence-electron chi connectivity index (χ3n) is 5.95. The Hall–Kier alpha value is -3.61. The molecule has 2 nitrogen and oxygen atoms in total. The van der Waals surface area contributed by atoms with E-state index >= 15 is 0 Å². The fourth-order valence-electron chi connectivity index (χ4n) is 4.41. The van der Waals surface area contributed by atoms with Gasteiger partial charge in [-0.05, 0) is 29.7 Å². The maximum atomic E-state index is 14.7. The van der Waals surface area contributed by atoms with Crippen LogP contribution in [0.1, 0.15) is 0 Å². The molecule has 0 fully saturated rings. The molecule has 0 saturated carbocycles. The van der Waals surface area contributed by atoms with Crippen molar-refractivity contribution in [2.75, 3.05) is 0 Å². The van der Waals surface area contributed by atoms with Crippen LogP contribution >= 0.6 is 7.14 Å². The molecule has 1 heterocycles. The van der Waals surface area contributed by atoms with Gasteiger partial charge in [-0.2, -0.15) is 0 Å². The Balaban J connectivity index is 1.66. The van der Waals surface area contributed by atoms with E-state index in [4.69, 9.17) is 4.42 Å². The van der Waals surface area contributed by atoms with Crippen molar-refractivity contribution >= 4 is 55.8 Å². The molecule has 6 rings (SSSR count). The van der Waals surface area contributed by atoms with Crippen molar-refractivity contribution in [3.8, 4) is 0 Å². The van der Waals surface area contributed by atoms with Crippen molar-refractivity contribution in [3.63, 3.8) is 0 Å². The molecule has 31 heavy (non-hydrogen) atoms. The lowest BCUT2D eigenvalue weighted by Gasteiger charge is -2.20. The fourth-order valence-corrected chi connectivity index (χ4v) is 7.09. The van der Waals surface area contributed by atoms with Gasteiger partial charge in [0, 0.05) is 32.1 Å². The first-order chi connectivity index (χ1) is 15.2. The Morgan fingerprint density at radius 2 is 1.16 bits per heavy atom. The lowest BCUT2D eigenvalue weighted by molar-refractivity contribution is 0.592. The quantitative estimate of drug-likeness (QED) is 0.312. The van der Waals surface area contributed by atoms with Gasteiger partial charge in [-0.15, -0.1) is 0 Å². The van der Waals surface area contributed by atoms with Crippen LogP contribution in [0.15, 0.2) is 120 Å². The Kier molecular flexibility index (Phi) is 4.09. The van der Waals surface area contributed by atoms with Crippen LogP contribution in [-0.4, -0.2) is 0 Å². The summed E-state index contributed by atoms with van der Waals surface area (Å²) >= 11 is 0. The molecule has 0 amide bonds. The molecule has 0 atom stereocenters. The molecule has 0 saturated heterocycles. The third kappa shape index (κ3) is 2.76. The summed E-state index contributed by atoms with van der Waals surface area (Å²) < 4.78 is 21.0. The highest BCUT2D eigenvalue weighted by Crippen LogP contribution is 2.44. The molecule has 0 aliphatic carbocycles. The number of furan rings is 1. The maximum Gasteiger partial charge on any atom is 0.171 e. The minimum Gasteiger partial charge on any atom is -0.455 e. The van der Waals surface area contributed by atoms with E-state index < -0.39 is 7.14 Å². The van der Waals surface area contributed by atoms with Crippen molar-refractivity contribution < 1.29 is 8.98 Å². The first-order valence-electron chi connectivity index (χ1n) is 10.3. The average Bonchev–Trinajstić information content (AvgIpc) is 3.23. The minimum absolute atomic E-state index is 0.808. The van der Waals surface area contributed by atoms with E-state index in [-0.39, 0.29) is 0 Å². The Bertz CT molecular complexity index is 1550. The van der Waals surface area contributed by atoms with Gasteiger partial charge in [-0.1, -0.05) is 91.0 Å². The number of hydrogen-bond acceptors (Lipinski definition) is 2. The summed E-state index contributed by atoms with van der Waals surface area (Å²) in [4.78, 5) is 0. The van der Waals surface area contributed by atoms with Crippen LogP contribution in [0.25, 0.3) is 32.7 Å². The van der Waals surface area contributed by atoms with Crippen molar-refractivity contribution in [2.24, 2.45) is 0 Å². The molecule has 1 aromatic heterocycles. The van der Waals surface area contributed by atoms with E-state index in [0.717, 1.165) is 48.6 Å². The largest absolute Gasteiger partial charge is 0.455 e. The van der Waals surface area contributed by atoms with Gasteiger partial charge in [0.2, 0.25) is 0 Å². The molecule has 0 N–H and O–H groups in total. The molecule has 0 radical (unpaired) electrons. The molecule has 6 aromatic rings. The second-order valence-electron chi connectivity index (χ2n) is 7.73. The van der Waals surface area contributed by atoms with Crippen LogP contribution in [0.3, 0.4) is 0 Å². The molecule has 5 aromatic carbocycles. The summed E-state index contributed by atoms with van der Waals surface area (Å²) in [6.45, 7) is 0. The van der Waals surface area contributed by atoms with Gasteiger partial charge in [0.05, 0.1) is 0 Å². The summed E-state index contributed by atoms with van der Waals surface area (Å²) in [5.74, 6) is 0. The van der Waals surface area contributed by atoms with Gasteiger partial charge in [0.1, 0.15) is 11.2 Å².